The van der Waals surface area contributed by atoms with Crippen molar-refractivity contribution in [2.75, 3.05) is 31.1 Å². The number of aliphatic carboxylic acids is 1. The highest BCUT2D eigenvalue weighted by atomic mass is 16.5. The maximum atomic E-state index is 13.8. The van der Waals surface area contributed by atoms with Gasteiger partial charge in [-0.1, -0.05) is 36.4 Å². The lowest BCUT2D eigenvalue weighted by atomic mass is 10.1. The van der Waals surface area contributed by atoms with Crippen LogP contribution < -0.4 is 16.1 Å². The third kappa shape index (κ3) is 8.30. The summed E-state index contributed by atoms with van der Waals surface area (Å²) in [5.74, 6) is -1.58. The largest absolute Gasteiger partial charge is 0.480 e. The Morgan fingerprint density at radius 3 is 2.54 bits per heavy atom. The maximum Gasteiger partial charge on any atom is 0.339 e. The smallest absolute Gasteiger partial charge is 0.339 e. The average Bonchev–Trinajstić information content (AvgIpc) is 3.37. The van der Waals surface area contributed by atoms with Gasteiger partial charge in [0.15, 0.2) is 0 Å². The van der Waals surface area contributed by atoms with Crippen LogP contribution >= 0.6 is 0 Å². The summed E-state index contributed by atoms with van der Waals surface area (Å²) in [6.45, 7) is 2.17. The number of aryl methyl sites for hydroxylation is 3. The number of nitrogens with two attached hydrogens (primary N) is 1. The minimum Gasteiger partial charge on any atom is -0.480 e. The Morgan fingerprint density at radius 2 is 1.84 bits per heavy atom. The Balaban J connectivity index is 1.85. The van der Waals surface area contributed by atoms with Crippen molar-refractivity contribution in [3.8, 4) is 0 Å². The summed E-state index contributed by atoms with van der Waals surface area (Å²) in [5.41, 5.74) is 12.7. The number of rotatable bonds is 14. The fourth-order valence-electron chi connectivity index (χ4n) is 4.53. The molecule has 0 fully saturated rings. The molecule has 0 heterocycles. The average molecular weight is 511 g/mol. The fraction of sp³-hybridized carbons (Fsp3) is 0.464. The highest BCUT2D eigenvalue weighted by molar-refractivity contribution is 5.96. The monoisotopic (exact) mass is 510 g/mol. The van der Waals surface area contributed by atoms with E-state index < -0.39 is 30.6 Å². The van der Waals surface area contributed by atoms with Crippen LogP contribution in [0.4, 0.5) is 10.5 Å². The first-order valence-corrected chi connectivity index (χ1v) is 13.0. The van der Waals surface area contributed by atoms with Gasteiger partial charge in [-0.3, -0.25) is 19.5 Å². The molecule has 0 bridgehead atoms. The summed E-state index contributed by atoms with van der Waals surface area (Å²) < 4.78 is 5.29. The van der Waals surface area contributed by atoms with Gasteiger partial charge in [-0.25, -0.2) is 10.2 Å². The van der Waals surface area contributed by atoms with Crippen LogP contribution in [-0.2, 0) is 33.6 Å². The number of nitrogens with zero attached hydrogens (tertiary/aromatic N) is 2. The molecule has 0 saturated carbocycles. The quantitative estimate of drug-likeness (QED) is 0.202. The third-order valence-electron chi connectivity index (χ3n) is 6.43. The van der Waals surface area contributed by atoms with E-state index in [2.05, 4.69) is 5.43 Å². The van der Waals surface area contributed by atoms with E-state index in [0.29, 0.717) is 37.9 Å². The summed E-state index contributed by atoms with van der Waals surface area (Å²) in [4.78, 5) is 39.7. The van der Waals surface area contributed by atoms with Crippen molar-refractivity contribution in [3.63, 3.8) is 0 Å². The molecular weight excluding hydrogens is 472 g/mol. The molecule has 1 aliphatic carbocycles. The molecule has 2 aromatic rings. The van der Waals surface area contributed by atoms with Gasteiger partial charge in [0.05, 0.1) is 6.61 Å². The first kappa shape index (κ1) is 28.1. The minimum atomic E-state index is -1.12. The summed E-state index contributed by atoms with van der Waals surface area (Å²) in [6, 6.07) is 14.1. The molecule has 37 heavy (non-hydrogen) atoms. The Kier molecular flexibility index (Phi) is 10.9. The number of carboxylic acid groups (broad SMARTS) is 1. The Labute approximate surface area is 218 Å². The van der Waals surface area contributed by atoms with Crippen molar-refractivity contribution in [3.05, 3.63) is 65.2 Å². The zero-order valence-corrected chi connectivity index (χ0v) is 21.5. The number of urea groups is 1. The Morgan fingerprint density at radius 1 is 1.08 bits per heavy atom. The van der Waals surface area contributed by atoms with E-state index in [1.54, 1.807) is 13.0 Å². The number of hydrogen-bond donors (Lipinski definition) is 3. The van der Waals surface area contributed by atoms with Gasteiger partial charge in [0.25, 0.3) is 0 Å². The van der Waals surface area contributed by atoms with Gasteiger partial charge in [0.1, 0.15) is 12.6 Å². The normalized spacial score (nSPS) is 13.0. The van der Waals surface area contributed by atoms with Crippen molar-refractivity contribution in [2.45, 2.75) is 57.9 Å². The Hall–Kier alpha value is -3.43. The van der Waals surface area contributed by atoms with Crippen molar-refractivity contribution in [1.82, 2.24) is 10.4 Å². The van der Waals surface area contributed by atoms with E-state index in [9.17, 15) is 19.5 Å². The number of esters is 1. The summed E-state index contributed by atoms with van der Waals surface area (Å²) >= 11 is 0. The molecule has 0 aliphatic heterocycles. The van der Waals surface area contributed by atoms with Crippen LogP contribution in [0.1, 0.15) is 49.3 Å². The van der Waals surface area contributed by atoms with Gasteiger partial charge in [-0.2, -0.15) is 0 Å². The molecule has 1 atom stereocenters. The summed E-state index contributed by atoms with van der Waals surface area (Å²) in [6.07, 6.45) is 5.21. The second-order valence-electron chi connectivity index (χ2n) is 9.17. The highest BCUT2D eigenvalue weighted by Crippen LogP contribution is 2.27. The molecule has 2 amide bonds. The predicted molar refractivity (Wildman–Crippen MR) is 142 cm³/mol. The number of carbonyl (C=O) groups is 3. The van der Waals surface area contributed by atoms with E-state index in [1.165, 1.54) is 15.5 Å². The lowest BCUT2D eigenvalue weighted by Gasteiger charge is -2.33. The molecule has 0 spiro atoms. The second kappa shape index (κ2) is 14.3. The van der Waals surface area contributed by atoms with Crippen LogP contribution in [0.25, 0.3) is 0 Å². The number of anilines is 1. The van der Waals surface area contributed by atoms with Crippen molar-refractivity contribution in [1.29, 1.82) is 0 Å². The zero-order valence-electron chi connectivity index (χ0n) is 21.5. The molecule has 3 rings (SSSR count). The van der Waals surface area contributed by atoms with Gasteiger partial charge in [0, 0.05) is 12.2 Å². The van der Waals surface area contributed by atoms with Crippen LogP contribution in [0.15, 0.2) is 48.5 Å². The number of hydrogen-bond acceptors (Lipinski definition) is 6. The summed E-state index contributed by atoms with van der Waals surface area (Å²) in [7, 11) is 0. The van der Waals surface area contributed by atoms with E-state index in [0.717, 1.165) is 30.4 Å². The molecule has 200 valence electrons. The highest BCUT2D eigenvalue weighted by Gasteiger charge is 2.30. The topological polar surface area (TPSA) is 125 Å². The van der Waals surface area contributed by atoms with Crippen LogP contribution in [0.2, 0.25) is 0 Å². The first-order chi connectivity index (χ1) is 17.9. The van der Waals surface area contributed by atoms with Crippen LogP contribution in [0, 0.1) is 0 Å². The number of nitrogens with one attached hydrogen (secondary N) is 1. The van der Waals surface area contributed by atoms with Crippen molar-refractivity contribution < 1.29 is 24.2 Å². The van der Waals surface area contributed by atoms with Crippen LogP contribution in [0.5, 0.6) is 0 Å². The molecule has 0 aromatic heterocycles. The molecule has 9 heteroatoms. The van der Waals surface area contributed by atoms with Gasteiger partial charge in [0.2, 0.25) is 0 Å². The number of hydrazine groups is 1. The molecule has 0 saturated heterocycles. The van der Waals surface area contributed by atoms with Crippen LogP contribution in [-0.4, -0.2) is 60.4 Å². The fourth-order valence-corrected chi connectivity index (χ4v) is 4.53. The number of benzene rings is 2. The van der Waals surface area contributed by atoms with Crippen LogP contribution in [0.3, 0.4) is 0 Å². The van der Waals surface area contributed by atoms with Gasteiger partial charge >= 0.3 is 18.0 Å². The lowest BCUT2D eigenvalue weighted by Crippen LogP contribution is -2.57. The summed E-state index contributed by atoms with van der Waals surface area (Å²) in [5, 5.41) is 11.0. The molecule has 1 aliphatic rings. The number of ether oxygens (including phenoxy) is 1. The zero-order chi connectivity index (χ0) is 26.6. The standard InChI is InChI=1S/C28H38N4O5/c1-2-37-27(35)25(16-13-21-9-4-3-5-10-21)30-32(18-7-6-17-29)28(36)31(20-26(33)34)24-15-14-22-11-8-12-23(22)19-24/h3-5,9-10,14-15,19,25,30H,2,6-8,11-13,16-18,20,29H2,1H3,(H,33,34). The van der Waals surface area contributed by atoms with Crippen molar-refractivity contribution >= 4 is 23.7 Å². The van der Waals surface area contributed by atoms with E-state index in [4.69, 9.17) is 10.5 Å². The van der Waals surface area contributed by atoms with E-state index in [-0.39, 0.29) is 13.2 Å². The van der Waals surface area contributed by atoms with Gasteiger partial charge in [-0.05, 0) is 87.2 Å². The minimum absolute atomic E-state index is 0.212. The second-order valence-corrected chi connectivity index (χ2v) is 9.17. The number of unbranched alkanes of at least 4 members (excludes halogenated alkanes) is 1. The van der Waals surface area contributed by atoms with E-state index >= 15 is 0 Å². The number of fused-ring (bicyclic) bond motifs is 1. The van der Waals surface area contributed by atoms with Gasteiger partial charge < -0.3 is 15.6 Å². The van der Waals surface area contributed by atoms with E-state index in [1.807, 2.05) is 42.5 Å². The number of carboxylic acids is 1. The SMILES string of the molecule is CCOC(=O)C(CCc1ccccc1)NN(CCCCN)C(=O)N(CC(=O)O)c1ccc2c(c1)CCC2. The third-order valence-corrected chi connectivity index (χ3v) is 6.43. The molecule has 9 nitrogen and oxygen atoms in total. The maximum absolute atomic E-state index is 13.8. The predicted octanol–water partition coefficient (Wildman–Crippen LogP) is 3.30. The molecular formula is C28H38N4O5. The Bertz CT molecular complexity index is 1050. The lowest BCUT2D eigenvalue weighted by molar-refractivity contribution is -0.147. The molecule has 0 radical (unpaired) electrons. The van der Waals surface area contributed by atoms with Gasteiger partial charge in [-0.15, -0.1) is 0 Å². The number of amides is 2. The number of carbonyl (C=O) groups excluding carboxylic acids is 2. The van der Waals surface area contributed by atoms with Crippen molar-refractivity contribution in [2.24, 2.45) is 5.73 Å². The molecule has 2 aromatic carbocycles. The molecule has 1 unspecified atom stereocenters. The first-order valence-electron chi connectivity index (χ1n) is 13.0. The molecule has 4 N–H and O–H groups in total.